The van der Waals surface area contributed by atoms with Crippen LogP contribution in [-0.2, 0) is 12.6 Å². The molecule has 0 bridgehead atoms. The van der Waals surface area contributed by atoms with E-state index in [0.29, 0.717) is 23.5 Å². The number of nitrogens with two attached hydrogens (primary N) is 1. The third kappa shape index (κ3) is 5.14. The van der Waals surface area contributed by atoms with Gasteiger partial charge in [-0.25, -0.2) is 0 Å². The van der Waals surface area contributed by atoms with E-state index in [2.05, 4.69) is 0 Å². The van der Waals surface area contributed by atoms with Crippen LogP contribution >= 0.6 is 0 Å². The average molecular weight is 383 g/mol. The molecule has 27 heavy (non-hydrogen) atoms. The van der Waals surface area contributed by atoms with Crippen LogP contribution in [0.4, 0.5) is 13.2 Å². The van der Waals surface area contributed by atoms with E-state index in [9.17, 15) is 18.3 Å². The molecule has 4 nitrogen and oxygen atoms in total. The number of aliphatic hydroxyl groups excluding tert-OH is 1. The zero-order valence-electron chi connectivity index (χ0n) is 15.5. The molecular weight excluding hydrogens is 359 g/mol. The Morgan fingerprint density at radius 3 is 2.11 bits per heavy atom. The molecule has 2 aromatic carbocycles. The molecule has 0 aliphatic carbocycles. The number of hydrogen-bond acceptors (Lipinski definition) is 4. The fraction of sp³-hybridized carbons (Fsp3) is 0.400. The van der Waals surface area contributed by atoms with Crippen LogP contribution in [0.2, 0.25) is 0 Å². The maximum atomic E-state index is 12.7. The molecule has 0 heterocycles. The number of rotatable bonds is 7. The second-order valence-corrected chi connectivity index (χ2v) is 6.51. The van der Waals surface area contributed by atoms with Crippen LogP contribution in [-0.4, -0.2) is 25.4 Å². The van der Waals surface area contributed by atoms with Crippen LogP contribution in [0, 0.1) is 5.92 Å². The van der Waals surface area contributed by atoms with Crippen molar-refractivity contribution in [2.24, 2.45) is 11.7 Å². The lowest BCUT2D eigenvalue weighted by atomic mass is 9.88. The van der Waals surface area contributed by atoms with E-state index in [0.717, 1.165) is 17.7 Å². The summed E-state index contributed by atoms with van der Waals surface area (Å²) in [5.41, 5.74) is 6.71. The van der Waals surface area contributed by atoms with Gasteiger partial charge < -0.3 is 20.3 Å². The first kappa shape index (κ1) is 21.1. The lowest BCUT2D eigenvalue weighted by molar-refractivity contribution is -0.137. The number of halogens is 3. The first-order valence-corrected chi connectivity index (χ1v) is 8.49. The Hall–Kier alpha value is -2.25. The number of aliphatic hydroxyl groups is 1. The van der Waals surface area contributed by atoms with E-state index in [1.54, 1.807) is 20.3 Å². The number of methoxy groups -OCH3 is 2. The second kappa shape index (κ2) is 8.63. The SMILES string of the molecule is COc1ccc(CC(C)[C@@H](N)[C@H](O)c2ccc(C(F)(F)F)cc2)cc1OC. The van der Waals surface area contributed by atoms with Gasteiger partial charge in [-0.15, -0.1) is 0 Å². The summed E-state index contributed by atoms with van der Waals surface area (Å²) in [6.45, 7) is 1.88. The van der Waals surface area contributed by atoms with Gasteiger partial charge in [-0.05, 0) is 47.7 Å². The van der Waals surface area contributed by atoms with E-state index in [-0.39, 0.29) is 5.92 Å². The minimum Gasteiger partial charge on any atom is -0.493 e. The van der Waals surface area contributed by atoms with Gasteiger partial charge in [0.25, 0.3) is 0 Å². The van der Waals surface area contributed by atoms with Crippen LogP contribution < -0.4 is 15.2 Å². The van der Waals surface area contributed by atoms with Crippen molar-refractivity contribution in [1.82, 2.24) is 0 Å². The minimum absolute atomic E-state index is 0.125. The van der Waals surface area contributed by atoms with Crippen LogP contribution in [0.15, 0.2) is 42.5 Å². The molecule has 0 fully saturated rings. The molecule has 2 rings (SSSR count). The average Bonchev–Trinajstić information content (AvgIpc) is 2.66. The van der Waals surface area contributed by atoms with E-state index >= 15 is 0 Å². The summed E-state index contributed by atoms with van der Waals surface area (Å²) < 4.78 is 48.5. The molecular formula is C20H24F3NO3. The molecule has 0 saturated carbocycles. The zero-order chi connectivity index (χ0) is 20.2. The van der Waals surface area contributed by atoms with Gasteiger partial charge in [-0.1, -0.05) is 25.1 Å². The molecule has 0 aromatic heterocycles. The van der Waals surface area contributed by atoms with Crippen LogP contribution in [0.25, 0.3) is 0 Å². The molecule has 3 atom stereocenters. The molecule has 2 aromatic rings. The Bertz CT molecular complexity index is 747. The molecule has 0 spiro atoms. The van der Waals surface area contributed by atoms with E-state index < -0.39 is 23.9 Å². The quantitative estimate of drug-likeness (QED) is 0.760. The number of ether oxygens (including phenoxy) is 2. The molecule has 0 radical (unpaired) electrons. The zero-order valence-corrected chi connectivity index (χ0v) is 15.5. The van der Waals surface area contributed by atoms with Crippen LogP contribution in [0.1, 0.15) is 29.7 Å². The van der Waals surface area contributed by atoms with E-state index in [4.69, 9.17) is 15.2 Å². The highest BCUT2D eigenvalue weighted by Gasteiger charge is 2.31. The highest BCUT2D eigenvalue weighted by molar-refractivity contribution is 5.43. The molecule has 0 saturated heterocycles. The summed E-state index contributed by atoms with van der Waals surface area (Å²) in [5.74, 6) is 1.09. The van der Waals surface area contributed by atoms with Gasteiger partial charge >= 0.3 is 6.18 Å². The van der Waals surface area contributed by atoms with E-state index in [1.807, 2.05) is 19.1 Å². The molecule has 148 valence electrons. The van der Waals surface area contributed by atoms with E-state index in [1.165, 1.54) is 12.1 Å². The summed E-state index contributed by atoms with van der Waals surface area (Å²) in [7, 11) is 3.10. The normalized spacial score (nSPS) is 15.1. The maximum absolute atomic E-state index is 12.7. The van der Waals surface area contributed by atoms with Gasteiger partial charge in [0.2, 0.25) is 0 Å². The van der Waals surface area contributed by atoms with Crippen molar-refractivity contribution in [1.29, 1.82) is 0 Å². The smallest absolute Gasteiger partial charge is 0.416 e. The predicted molar refractivity (Wildman–Crippen MR) is 96.8 cm³/mol. The predicted octanol–water partition coefficient (Wildman–Crippen LogP) is 3.96. The van der Waals surface area contributed by atoms with Crippen molar-refractivity contribution < 1.29 is 27.8 Å². The summed E-state index contributed by atoms with van der Waals surface area (Å²) in [4.78, 5) is 0. The second-order valence-electron chi connectivity index (χ2n) is 6.51. The van der Waals surface area contributed by atoms with Crippen molar-refractivity contribution in [3.63, 3.8) is 0 Å². The van der Waals surface area contributed by atoms with Crippen molar-refractivity contribution in [3.8, 4) is 11.5 Å². The topological polar surface area (TPSA) is 64.7 Å². The molecule has 7 heteroatoms. The van der Waals surface area contributed by atoms with Gasteiger partial charge in [0.05, 0.1) is 25.9 Å². The fourth-order valence-electron chi connectivity index (χ4n) is 2.92. The van der Waals surface area contributed by atoms with Crippen LogP contribution in [0.3, 0.4) is 0 Å². The Kier molecular flexibility index (Phi) is 6.73. The monoisotopic (exact) mass is 383 g/mol. The molecule has 0 aliphatic heterocycles. The Morgan fingerprint density at radius 1 is 1.00 bits per heavy atom. The van der Waals surface area contributed by atoms with Crippen molar-refractivity contribution in [2.75, 3.05) is 14.2 Å². The number of benzene rings is 2. The summed E-state index contributed by atoms with van der Waals surface area (Å²) in [6.07, 6.45) is -4.91. The van der Waals surface area contributed by atoms with Gasteiger partial charge in [-0.3, -0.25) is 0 Å². The maximum Gasteiger partial charge on any atom is 0.416 e. The van der Waals surface area contributed by atoms with Crippen molar-refractivity contribution in [3.05, 3.63) is 59.2 Å². The third-order valence-corrected chi connectivity index (χ3v) is 4.61. The summed E-state index contributed by atoms with van der Waals surface area (Å²) in [5, 5.41) is 10.5. The summed E-state index contributed by atoms with van der Waals surface area (Å²) >= 11 is 0. The standard InChI is InChI=1S/C20H24F3NO3/c1-12(10-13-4-9-16(26-2)17(11-13)27-3)18(24)19(25)14-5-7-15(8-6-14)20(21,22)23/h4-9,11-12,18-19,25H,10,24H2,1-3H3/t12?,18-,19-/m1/s1. The highest BCUT2D eigenvalue weighted by Crippen LogP contribution is 2.32. The largest absolute Gasteiger partial charge is 0.493 e. The van der Waals surface area contributed by atoms with Gasteiger partial charge in [-0.2, -0.15) is 13.2 Å². The van der Waals surface area contributed by atoms with Gasteiger partial charge in [0, 0.05) is 6.04 Å². The molecule has 3 N–H and O–H groups in total. The van der Waals surface area contributed by atoms with Crippen molar-refractivity contribution in [2.45, 2.75) is 31.7 Å². The number of hydrogen-bond donors (Lipinski definition) is 2. The van der Waals surface area contributed by atoms with Gasteiger partial charge in [0.15, 0.2) is 11.5 Å². The lowest BCUT2D eigenvalue weighted by Crippen LogP contribution is -2.36. The number of alkyl halides is 3. The highest BCUT2D eigenvalue weighted by atomic mass is 19.4. The Labute approximate surface area is 156 Å². The third-order valence-electron chi connectivity index (χ3n) is 4.61. The Balaban J connectivity index is 2.09. The van der Waals surface area contributed by atoms with Gasteiger partial charge in [0.1, 0.15) is 0 Å². The molecule has 0 aliphatic rings. The van der Waals surface area contributed by atoms with Crippen molar-refractivity contribution >= 4 is 0 Å². The molecule has 0 amide bonds. The molecule has 1 unspecified atom stereocenters. The minimum atomic E-state index is -4.41. The lowest BCUT2D eigenvalue weighted by Gasteiger charge is -2.26. The summed E-state index contributed by atoms with van der Waals surface area (Å²) in [6, 6.07) is 9.29. The first-order chi connectivity index (χ1) is 12.7. The first-order valence-electron chi connectivity index (χ1n) is 8.49. The Morgan fingerprint density at radius 2 is 1.59 bits per heavy atom. The fourth-order valence-corrected chi connectivity index (χ4v) is 2.92. The van der Waals surface area contributed by atoms with Crippen LogP contribution in [0.5, 0.6) is 11.5 Å².